The summed E-state index contributed by atoms with van der Waals surface area (Å²) in [7, 11) is 2.00. The summed E-state index contributed by atoms with van der Waals surface area (Å²) in [5, 5.41) is 3.42. The largest absolute Gasteiger partial charge is 0.309 e. The van der Waals surface area contributed by atoms with Crippen molar-refractivity contribution in [3.8, 4) is 0 Å². The lowest BCUT2D eigenvalue weighted by Gasteiger charge is -2.21. The minimum absolute atomic E-state index is 0.179. The first kappa shape index (κ1) is 15.5. The third-order valence-corrected chi connectivity index (χ3v) is 5.78. The summed E-state index contributed by atoms with van der Waals surface area (Å²) in [4.78, 5) is 0. The van der Waals surface area contributed by atoms with Gasteiger partial charge in [-0.15, -0.1) is 0 Å². The van der Waals surface area contributed by atoms with E-state index in [0.29, 0.717) is 0 Å². The zero-order valence-corrected chi connectivity index (χ0v) is 16.0. The van der Waals surface area contributed by atoms with Crippen LogP contribution in [0.3, 0.4) is 0 Å². The molecule has 2 aromatic carbocycles. The first-order valence-electron chi connectivity index (χ1n) is 5.92. The van der Waals surface area contributed by atoms with Crippen LogP contribution in [0.1, 0.15) is 22.7 Å². The van der Waals surface area contributed by atoms with E-state index in [9.17, 15) is 0 Å². The van der Waals surface area contributed by atoms with Crippen LogP contribution in [0, 0.1) is 10.5 Å². The molecule has 2 aromatic rings. The predicted molar refractivity (Wildman–Crippen MR) is 96.6 cm³/mol. The lowest BCUT2D eigenvalue weighted by atomic mass is 9.97. The molecule has 0 bridgehead atoms. The van der Waals surface area contributed by atoms with Crippen LogP contribution in [-0.4, -0.2) is 7.05 Å². The van der Waals surface area contributed by atoms with Crippen molar-refractivity contribution in [3.63, 3.8) is 0 Å². The van der Waals surface area contributed by atoms with Crippen LogP contribution in [0.5, 0.6) is 0 Å². The molecule has 1 N–H and O–H groups in total. The molecule has 0 saturated heterocycles. The van der Waals surface area contributed by atoms with Crippen molar-refractivity contribution in [2.24, 2.45) is 0 Å². The Hall–Kier alpha value is 0.0900. The number of halogens is 3. The minimum atomic E-state index is 0.179. The number of hydrogen-bond acceptors (Lipinski definition) is 1. The molecule has 19 heavy (non-hydrogen) atoms. The van der Waals surface area contributed by atoms with E-state index in [1.165, 1.54) is 20.3 Å². The molecule has 0 heterocycles. The molecule has 1 unspecified atom stereocenters. The number of aryl methyl sites for hydroxylation is 1. The van der Waals surface area contributed by atoms with E-state index in [2.05, 4.69) is 97.0 Å². The predicted octanol–water partition coefficient (Wildman–Crippen LogP) is 5.43. The van der Waals surface area contributed by atoms with Gasteiger partial charge in [0.1, 0.15) is 0 Å². The molecule has 0 saturated carbocycles. The van der Waals surface area contributed by atoms with Gasteiger partial charge in [-0.2, -0.15) is 0 Å². The molecule has 1 nitrogen and oxygen atoms in total. The Balaban J connectivity index is 2.56. The van der Waals surface area contributed by atoms with Crippen LogP contribution in [-0.2, 0) is 0 Å². The molecule has 0 aliphatic rings. The molecule has 0 radical (unpaired) electrons. The van der Waals surface area contributed by atoms with Gasteiger partial charge in [-0.25, -0.2) is 0 Å². The first-order valence-corrected chi connectivity index (χ1v) is 8.58. The highest BCUT2D eigenvalue weighted by molar-refractivity contribution is 14.1. The van der Waals surface area contributed by atoms with E-state index < -0.39 is 0 Å². The molecule has 0 aliphatic carbocycles. The van der Waals surface area contributed by atoms with Gasteiger partial charge in [-0.05, 0) is 71.5 Å². The molecular weight excluding hydrogens is 481 g/mol. The van der Waals surface area contributed by atoms with Gasteiger partial charge in [0.25, 0.3) is 0 Å². The number of hydrogen-bond donors (Lipinski definition) is 1. The maximum Gasteiger partial charge on any atom is 0.0596 e. The minimum Gasteiger partial charge on any atom is -0.309 e. The van der Waals surface area contributed by atoms with Crippen LogP contribution < -0.4 is 5.32 Å². The molecule has 0 fully saturated rings. The second-order valence-corrected chi connectivity index (χ2v) is 7.21. The molecule has 0 aliphatic heterocycles. The fraction of sp³-hybridized carbons (Fsp3) is 0.200. The monoisotopic (exact) mass is 493 g/mol. The van der Waals surface area contributed by atoms with Gasteiger partial charge < -0.3 is 5.32 Å². The molecule has 1 atom stereocenters. The maximum absolute atomic E-state index is 3.65. The molecule has 100 valence electrons. The molecule has 0 spiro atoms. The first-order chi connectivity index (χ1) is 9.04. The highest BCUT2D eigenvalue weighted by Gasteiger charge is 2.18. The quantitative estimate of drug-likeness (QED) is 0.561. The number of rotatable bonds is 3. The summed E-state index contributed by atoms with van der Waals surface area (Å²) < 4.78 is 3.52. The van der Waals surface area contributed by atoms with E-state index in [4.69, 9.17) is 0 Å². The van der Waals surface area contributed by atoms with Gasteiger partial charge in [-0.3, -0.25) is 0 Å². The summed E-state index contributed by atoms with van der Waals surface area (Å²) >= 11 is 9.62. The van der Waals surface area contributed by atoms with Gasteiger partial charge in [0.05, 0.1) is 6.04 Å². The highest BCUT2D eigenvalue weighted by Crippen LogP contribution is 2.33. The van der Waals surface area contributed by atoms with Crippen LogP contribution >= 0.6 is 54.5 Å². The Morgan fingerprint density at radius 1 is 1.11 bits per heavy atom. The van der Waals surface area contributed by atoms with Gasteiger partial charge in [0, 0.05) is 12.5 Å². The van der Waals surface area contributed by atoms with E-state index in [0.717, 1.165) is 8.95 Å². The van der Waals surface area contributed by atoms with Crippen LogP contribution in [0.2, 0.25) is 0 Å². The van der Waals surface area contributed by atoms with Crippen LogP contribution in [0.25, 0.3) is 0 Å². The second-order valence-electron chi connectivity index (χ2n) is 4.37. The zero-order valence-electron chi connectivity index (χ0n) is 10.7. The fourth-order valence-corrected chi connectivity index (χ4v) is 3.63. The molecule has 4 heteroatoms. The Kier molecular flexibility index (Phi) is 5.45. The van der Waals surface area contributed by atoms with Crippen molar-refractivity contribution in [2.75, 3.05) is 7.05 Å². The third kappa shape index (κ3) is 3.40. The van der Waals surface area contributed by atoms with Crippen molar-refractivity contribution in [2.45, 2.75) is 13.0 Å². The summed E-state index contributed by atoms with van der Waals surface area (Å²) in [6, 6.07) is 12.9. The highest BCUT2D eigenvalue weighted by atomic mass is 127. The van der Waals surface area contributed by atoms with E-state index in [-0.39, 0.29) is 6.04 Å². The van der Waals surface area contributed by atoms with Gasteiger partial charge in [0.15, 0.2) is 0 Å². The third-order valence-electron chi connectivity index (χ3n) is 3.09. The summed E-state index contributed by atoms with van der Waals surface area (Å²) in [5.41, 5.74) is 3.85. The Labute approximate surface area is 144 Å². The number of benzene rings is 2. The standard InChI is InChI=1S/C15H14Br2IN/c1-9-4-3-5-11(14(9)18)15(19-2)12-8-10(16)6-7-13(12)17/h3-8,15,19H,1-2H3. The van der Waals surface area contributed by atoms with E-state index >= 15 is 0 Å². The van der Waals surface area contributed by atoms with E-state index in [1.54, 1.807) is 0 Å². The van der Waals surface area contributed by atoms with Gasteiger partial charge in [-0.1, -0.05) is 50.1 Å². The van der Waals surface area contributed by atoms with Crippen molar-refractivity contribution in [1.29, 1.82) is 0 Å². The van der Waals surface area contributed by atoms with Crippen molar-refractivity contribution < 1.29 is 0 Å². The molecule has 0 amide bonds. The molecule has 0 aromatic heterocycles. The van der Waals surface area contributed by atoms with E-state index in [1.807, 2.05) is 13.1 Å². The topological polar surface area (TPSA) is 12.0 Å². The van der Waals surface area contributed by atoms with Crippen LogP contribution in [0.15, 0.2) is 45.3 Å². The summed E-state index contributed by atoms with van der Waals surface area (Å²) in [6.45, 7) is 2.15. The average molecular weight is 495 g/mol. The normalized spacial score (nSPS) is 12.5. The Bertz CT molecular complexity index is 597. The molecular formula is C15H14Br2IN. The maximum atomic E-state index is 3.65. The smallest absolute Gasteiger partial charge is 0.0596 e. The lowest BCUT2D eigenvalue weighted by Crippen LogP contribution is -2.19. The van der Waals surface area contributed by atoms with Crippen molar-refractivity contribution in [3.05, 3.63) is 65.6 Å². The SMILES string of the molecule is CNC(c1cc(Br)ccc1Br)c1cccc(C)c1I. The zero-order chi connectivity index (χ0) is 14.0. The Morgan fingerprint density at radius 3 is 2.53 bits per heavy atom. The van der Waals surface area contributed by atoms with Gasteiger partial charge >= 0.3 is 0 Å². The Morgan fingerprint density at radius 2 is 1.84 bits per heavy atom. The van der Waals surface area contributed by atoms with Crippen molar-refractivity contribution >= 4 is 54.5 Å². The second kappa shape index (κ2) is 6.70. The summed E-state index contributed by atoms with van der Waals surface area (Å²) in [5.74, 6) is 0. The summed E-state index contributed by atoms with van der Waals surface area (Å²) in [6.07, 6.45) is 0. The fourth-order valence-electron chi connectivity index (χ4n) is 2.11. The lowest BCUT2D eigenvalue weighted by molar-refractivity contribution is 0.684. The van der Waals surface area contributed by atoms with Crippen LogP contribution in [0.4, 0.5) is 0 Å². The average Bonchev–Trinajstić information content (AvgIpc) is 2.39. The molecule has 2 rings (SSSR count). The number of nitrogens with one attached hydrogen (secondary N) is 1. The van der Waals surface area contributed by atoms with Crippen molar-refractivity contribution in [1.82, 2.24) is 5.32 Å². The van der Waals surface area contributed by atoms with Gasteiger partial charge in [0.2, 0.25) is 0 Å².